The standard InChI is InChI=1S/C20H34N2O5Si/c1-20(2,3)28(4,5)27-16(11-12-17(21)18(23)24)13-22-19(25)26-14-15-9-7-6-8-10-15/h6-10,16-17H,11-14,21H2,1-5H3,(H,22,25)(H,23,24)/t16-,17+/m1/s1. The highest BCUT2D eigenvalue weighted by molar-refractivity contribution is 6.74. The summed E-state index contributed by atoms with van der Waals surface area (Å²) in [6.07, 6.45) is -0.139. The minimum atomic E-state index is -2.09. The molecule has 1 rings (SSSR count). The van der Waals surface area contributed by atoms with E-state index in [4.69, 9.17) is 20.0 Å². The molecule has 2 atom stereocenters. The van der Waals surface area contributed by atoms with Gasteiger partial charge in [0, 0.05) is 6.54 Å². The van der Waals surface area contributed by atoms with Crippen LogP contribution in [0.2, 0.25) is 18.1 Å². The van der Waals surface area contributed by atoms with E-state index in [1.807, 2.05) is 30.3 Å². The molecule has 1 amide bonds. The molecule has 1 aromatic carbocycles. The van der Waals surface area contributed by atoms with Gasteiger partial charge in [0.2, 0.25) is 0 Å². The summed E-state index contributed by atoms with van der Waals surface area (Å²) in [6.45, 7) is 11.0. The van der Waals surface area contributed by atoms with Gasteiger partial charge in [-0.05, 0) is 36.5 Å². The van der Waals surface area contributed by atoms with E-state index < -0.39 is 26.4 Å². The number of ether oxygens (including phenoxy) is 1. The fraction of sp³-hybridized carbons (Fsp3) is 0.600. The van der Waals surface area contributed by atoms with Crippen LogP contribution in [0, 0.1) is 0 Å². The van der Waals surface area contributed by atoms with Gasteiger partial charge >= 0.3 is 12.1 Å². The molecule has 1 aromatic rings. The lowest BCUT2D eigenvalue weighted by Crippen LogP contribution is -2.47. The molecule has 0 aliphatic carbocycles. The lowest BCUT2D eigenvalue weighted by molar-refractivity contribution is -0.138. The molecule has 0 bridgehead atoms. The minimum absolute atomic E-state index is 0.00597. The fourth-order valence-electron chi connectivity index (χ4n) is 2.26. The first kappa shape index (κ1) is 24.1. The number of carboxylic acid groups (broad SMARTS) is 1. The van der Waals surface area contributed by atoms with Gasteiger partial charge in [-0.3, -0.25) is 4.79 Å². The molecule has 0 aromatic heterocycles. The molecule has 0 fully saturated rings. The van der Waals surface area contributed by atoms with Crippen molar-refractivity contribution < 1.29 is 23.9 Å². The normalized spacial score (nSPS) is 14.2. The Kier molecular flexibility index (Phi) is 9.13. The first-order valence-corrected chi connectivity index (χ1v) is 12.4. The van der Waals surface area contributed by atoms with Crippen LogP contribution in [0.4, 0.5) is 4.79 Å². The Hall–Kier alpha value is -1.90. The summed E-state index contributed by atoms with van der Waals surface area (Å²) in [7, 11) is -2.09. The molecule has 0 radical (unpaired) electrons. The molecule has 4 N–H and O–H groups in total. The van der Waals surface area contributed by atoms with E-state index in [0.717, 1.165) is 5.56 Å². The zero-order valence-corrected chi connectivity index (χ0v) is 18.5. The Morgan fingerprint density at radius 1 is 1.18 bits per heavy atom. The molecule has 0 aliphatic rings. The van der Waals surface area contributed by atoms with E-state index in [0.29, 0.717) is 6.42 Å². The van der Waals surface area contributed by atoms with Crippen LogP contribution < -0.4 is 11.1 Å². The van der Waals surface area contributed by atoms with Crippen molar-refractivity contribution in [2.75, 3.05) is 6.54 Å². The summed E-state index contributed by atoms with van der Waals surface area (Å²) in [5, 5.41) is 11.7. The number of nitrogens with one attached hydrogen (secondary N) is 1. The summed E-state index contributed by atoms with van der Waals surface area (Å²) in [5.41, 5.74) is 6.53. The molecule has 0 aliphatic heterocycles. The number of carboxylic acids is 1. The van der Waals surface area contributed by atoms with Crippen molar-refractivity contribution in [1.82, 2.24) is 5.32 Å². The van der Waals surface area contributed by atoms with Crippen LogP contribution in [0.5, 0.6) is 0 Å². The first-order chi connectivity index (χ1) is 12.9. The molecule has 0 heterocycles. The Bertz CT molecular complexity index is 631. The topological polar surface area (TPSA) is 111 Å². The van der Waals surface area contributed by atoms with Crippen LogP contribution in [0.1, 0.15) is 39.2 Å². The summed E-state index contributed by atoms with van der Waals surface area (Å²) >= 11 is 0. The summed E-state index contributed by atoms with van der Waals surface area (Å²) in [5.74, 6) is -1.04. The number of carbonyl (C=O) groups excluding carboxylic acids is 1. The minimum Gasteiger partial charge on any atom is -0.480 e. The molecule has 8 heteroatoms. The van der Waals surface area contributed by atoms with Gasteiger partial charge in [0.25, 0.3) is 0 Å². The van der Waals surface area contributed by atoms with Crippen LogP contribution in [0.25, 0.3) is 0 Å². The number of amides is 1. The second kappa shape index (κ2) is 10.6. The molecular formula is C20H34N2O5Si. The van der Waals surface area contributed by atoms with Gasteiger partial charge in [-0.15, -0.1) is 0 Å². The predicted molar refractivity (Wildman–Crippen MR) is 112 cm³/mol. The van der Waals surface area contributed by atoms with Gasteiger partial charge in [0.15, 0.2) is 8.32 Å². The monoisotopic (exact) mass is 410 g/mol. The van der Waals surface area contributed by atoms with Crippen molar-refractivity contribution in [3.63, 3.8) is 0 Å². The third-order valence-corrected chi connectivity index (χ3v) is 9.61. The van der Waals surface area contributed by atoms with Gasteiger partial charge in [0.1, 0.15) is 12.6 Å². The molecule has 0 spiro atoms. The Balaban J connectivity index is 2.62. The second-order valence-electron chi connectivity index (χ2n) is 8.46. The van der Waals surface area contributed by atoms with Crippen LogP contribution in [-0.2, 0) is 20.6 Å². The van der Waals surface area contributed by atoms with Crippen LogP contribution in [-0.4, -0.2) is 44.2 Å². The van der Waals surface area contributed by atoms with E-state index in [1.54, 1.807) is 0 Å². The molecule has 28 heavy (non-hydrogen) atoms. The fourth-order valence-corrected chi connectivity index (χ4v) is 3.64. The highest BCUT2D eigenvalue weighted by Crippen LogP contribution is 2.37. The highest BCUT2D eigenvalue weighted by Gasteiger charge is 2.39. The third kappa shape index (κ3) is 8.41. The number of nitrogens with two attached hydrogens (primary N) is 1. The molecule has 7 nitrogen and oxygen atoms in total. The average Bonchev–Trinajstić information content (AvgIpc) is 2.61. The quantitative estimate of drug-likeness (QED) is 0.509. The van der Waals surface area contributed by atoms with Crippen molar-refractivity contribution in [3.05, 3.63) is 35.9 Å². The maximum absolute atomic E-state index is 12.0. The zero-order chi connectivity index (χ0) is 21.4. The van der Waals surface area contributed by atoms with Crippen molar-refractivity contribution in [2.45, 2.75) is 70.5 Å². The van der Waals surface area contributed by atoms with Crippen molar-refractivity contribution in [1.29, 1.82) is 0 Å². The number of aliphatic carboxylic acids is 1. The molecule has 0 saturated carbocycles. The first-order valence-electron chi connectivity index (χ1n) is 9.53. The molecule has 0 saturated heterocycles. The van der Waals surface area contributed by atoms with E-state index in [1.165, 1.54) is 0 Å². The predicted octanol–water partition coefficient (Wildman–Crippen LogP) is 3.50. The Morgan fingerprint density at radius 2 is 1.79 bits per heavy atom. The molecular weight excluding hydrogens is 376 g/mol. The van der Waals surface area contributed by atoms with Crippen molar-refractivity contribution >= 4 is 20.4 Å². The Morgan fingerprint density at radius 3 is 2.32 bits per heavy atom. The number of benzene rings is 1. The van der Waals surface area contributed by atoms with Gasteiger partial charge in [-0.1, -0.05) is 51.1 Å². The number of alkyl carbamates (subject to hydrolysis) is 1. The number of hydrogen-bond acceptors (Lipinski definition) is 5. The van der Waals surface area contributed by atoms with E-state index in [-0.39, 0.29) is 30.7 Å². The Labute approximate surface area is 168 Å². The van der Waals surface area contributed by atoms with Gasteiger partial charge < -0.3 is 25.3 Å². The van der Waals surface area contributed by atoms with Gasteiger partial charge in [-0.25, -0.2) is 4.79 Å². The maximum Gasteiger partial charge on any atom is 0.407 e. The maximum atomic E-state index is 12.0. The van der Waals surface area contributed by atoms with E-state index in [9.17, 15) is 9.59 Å². The smallest absolute Gasteiger partial charge is 0.407 e. The van der Waals surface area contributed by atoms with E-state index >= 15 is 0 Å². The number of rotatable bonds is 10. The summed E-state index contributed by atoms with van der Waals surface area (Å²) in [6, 6.07) is 8.47. The molecule has 158 valence electrons. The zero-order valence-electron chi connectivity index (χ0n) is 17.5. The number of hydrogen-bond donors (Lipinski definition) is 3. The van der Waals surface area contributed by atoms with Crippen molar-refractivity contribution in [2.24, 2.45) is 5.73 Å². The lowest BCUT2D eigenvalue weighted by Gasteiger charge is -2.39. The van der Waals surface area contributed by atoms with Crippen molar-refractivity contribution in [3.8, 4) is 0 Å². The summed E-state index contributed by atoms with van der Waals surface area (Å²) < 4.78 is 11.6. The SMILES string of the molecule is CC(C)(C)[Si](C)(C)O[C@H](CC[C@H](N)C(=O)O)CNC(=O)OCc1ccccc1. The van der Waals surface area contributed by atoms with Gasteiger partial charge in [0.05, 0.1) is 6.10 Å². The second-order valence-corrected chi connectivity index (χ2v) is 13.2. The average molecular weight is 411 g/mol. The highest BCUT2D eigenvalue weighted by atomic mass is 28.4. The molecule has 0 unspecified atom stereocenters. The van der Waals surface area contributed by atoms with Crippen LogP contribution >= 0.6 is 0 Å². The van der Waals surface area contributed by atoms with Crippen LogP contribution in [0.15, 0.2) is 30.3 Å². The van der Waals surface area contributed by atoms with E-state index in [2.05, 4.69) is 39.2 Å². The van der Waals surface area contributed by atoms with Crippen LogP contribution in [0.3, 0.4) is 0 Å². The lowest BCUT2D eigenvalue weighted by atomic mass is 10.1. The largest absolute Gasteiger partial charge is 0.480 e. The third-order valence-electron chi connectivity index (χ3n) is 5.07. The number of carbonyl (C=O) groups is 2. The van der Waals surface area contributed by atoms with Gasteiger partial charge in [-0.2, -0.15) is 0 Å². The summed E-state index contributed by atoms with van der Waals surface area (Å²) in [4.78, 5) is 23.0.